The molecule has 6 heteroatoms. The number of halogens is 4. The maximum atomic E-state index is 12.3. The highest BCUT2D eigenvalue weighted by Crippen LogP contribution is 2.31. The highest BCUT2D eigenvalue weighted by molar-refractivity contribution is 9.08. The largest absolute Gasteiger partial charge is 0.433 e. The SMILES string of the molecule is Nc1ccc(CBr)c(C(F)(F)F)n1. The van der Waals surface area contributed by atoms with E-state index in [0.717, 1.165) is 0 Å². The van der Waals surface area contributed by atoms with E-state index in [2.05, 4.69) is 20.9 Å². The summed E-state index contributed by atoms with van der Waals surface area (Å²) in [5.74, 6) is -0.128. The molecule has 0 amide bonds. The second-order valence-corrected chi connectivity index (χ2v) is 2.94. The number of hydrogen-bond donors (Lipinski definition) is 1. The minimum absolute atomic E-state index is 0.0849. The van der Waals surface area contributed by atoms with Crippen molar-refractivity contribution in [2.75, 3.05) is 5.73 Å². The zero-order valence-corrected chi connectivity index (χ0v) is 7.98. The van der Waals surface area contributed by atoms with Crippen molar-refractivity contribution in [2.45, 2.75) is 11.5 Å². The van der Waals surface area contributed by atoms with Gasteiger partial charge in [-0.25, -0.2) is 4.98 Å². The summed E-state index contributed by atoms with van der Waals surface area (Å²) < 4.78 is 36.8. The van der Waals surface area contributed by atoms with Gasteiger partial charge in [-0.05, 0) is 11.6 Å². The van der Waals surface area contributed by atoms with E-state index in [1.165, 1.54) is 12.1 Å². The number of alkyl halides is 4. The van der Waals surface area contributed by atoms with Crippen molar-refractivity contribution in [1.29, 1.82) is 0 Å². The number of pyridine rings is 1. The zero-order chi connectivity index (χ0) is 10.1. The Kier molecular flexibility index (Phi) is 2.80. The number of nitrogens with two attached hydrogens (primary N) is 1. The average Bonchev–Trinajstić information content (AvgIpc) is 2.03. The van der Waals surface area contributed by atoms with Gasteiger partial charge in [-0.2, -0.15) is 13.2 Å². The second-order valence-electron chi connectivity index (χ2n) is 2.38. The summed E-state index contributed by atoms with van der Waals surface area (Å²) in [5.41, 5.74) is 4.31. The molecule has 2 N–H and O–H groups in total. The van der Waals surface area contributed by atoms with Crippen LogP contribution in [0.1, 0.15) is 11.3 Å². The van der Waals surface area contributed by atoms with Gasteiger partial charge in [-0.3, -0.25) is 0 Å². The Morgan fingerprint density at radius 2 is 2.00 bits per heavy atom. The van der Waals surface area contributed by atoms with Crippen molar-refractivity contribution >= 4 is 21.7 Å². The summed E-state index contributed by atoms with van der Waals surface area (Å²) in [4.78, 5) is 3.24. The van der Waals surface area contributed by atoms with E-state index in [1.807, 2.05) is 0 Å². The Morgan fingerprint density at radius 3 is 2.46 bits per heavy atom. The molecule has 0 aliphatic carbocycles. The number of rotatable bonds is 1. The first-order valence-electron chi connectivity index (χ1n) is 3.33. The molecule has 0 spiro atoms. The Hall–Kier alpha value is -0.780. The summed E-state index contributed by atoms with van der Waals surface area (Å²) >= 11 is 2.94. The van der Waals surface area contributed by atoms with Gasteiger partial charge in [0.05, 0.1) is 0 Å². The fourth-order valence-corrected chi connectivity index (χ4v) is 1.31. The predicted octanol–water partition coefficient (Wildman–Crippen LogP) is 2.58. The molecule has 0 aromatic carbocycles. The third kappa shape index (κ3) is 2.33. The number of nitrogens with zero attached hydrogens (tertiary/aromatic N) is 1. The number of aromatic nitrogens is 1. The van der Waals surface area contributed by atoms with Crippen molar-refractivity contribution in [1.82, 2.24) is 4.98 Å². The maximum absolute atomic E-state index is 12.3. The molecule has 0 fully saturated rings. The molecule has 72 valence electrons. The lowest BCUT2D eigenvalue weighted by atomic mass is 10.2. The molecule has 2 nitrogen and oxygen atoms in total. The van der Waals surface area contributed by atoms with Crippen LogP contribution in [0.3, 0.4) is 0 Å². The summed E-state index contributed by atoms with van der Waals surface area (Å²) in [6, 6.07) is 2.64. The molecule has 0 aliphatic heterocycles. The third-order valence-electron chi connectivity index (χ3n) is 1.41. The van der Waals surface area contributed by atoms with E-state index in [9.17, 15) is 13.2 Å². The topological polar surface area (TPSA) is 38.9 Å². The summed E-state index contributed by atoms with van der Waals surface area (Å²) in [5, 5.41) is 0.106. The molecule has 0 unspecified atom stereocenters. The van der Waals surface area contributed by atoms with Crippen LogP contribution in [0.15, 0.2) is 12.1 Å². The van der Waals surface area contributed by atoms with Gasteiger partial charge in [-0.15, -0.1) is 0 Å². The molecule has 1 rings (SSSR count). The van der Waals surface area contributed by atoms with Crippen LogP contribution in [0, 0.1) is 0 Å². The van der Waals surface area contributed by atoms with Crippen LogP contribution in [0.5, 0.6) is 0 Å². The predicted molar refractivity (Wildman–Crippen MR) is 46.3 cm³/mol. The monoisotopic (exact) mass is 254 g/mol. The van der Waals surface area contributed by atoms with Gasteiger partial charge in [0.15, 0.2) is 5.69 Å². The van der Waals surface area contributed by atoms with Crippen molar-refractivity contribution in [3.05, 3.63) is 23.4 Å². The molecule has 1 aromatic rings. The highest BCUT2D eigenvalue weighted by atomic mass is 79.9. The molecule has 0 radical (unpaired) electrons. The molecular formula is C7H6BrF3N2. The lowest BCUT2D eigenvalue weighted by molar-refractivity contribution is -0.141. The minimum Gasteiger partial charge on any atom is -0.384 e. The van der Waals surface area contributed by atoms with Crippen LogP contribution >= 0.6 is 15.9 Å². The molecule has 1 aromatic heterocycles. The first-order chi connectivity index (χ1) is 5.95. The quantitative estimate of drug-likeness (QED) is 0.783. The van der Waals surface area contributed by atoms with Gasteiger partial charge in [0.25, 0.3) is 0 Å². The Bertz CT molecular complexity index is 311. The molecule has 0 atom stereocenters. The fraction of sp³-hybridized carbons (Fsp3) is 0.286. The van der Waals surface area contributed by atoms with Crippen LogP contribution < -0.4 is 5.73 Å². The first-order valence-corrected chi connectivity index (χ1v) is 4.46. The van der Waals surface area contributed by atoms with E-state index >= 15 is 0 Å². The fourth-order valence-electron chi connectivity index (χ4n) is 0.856. The standard InChI is InChI=1S/C7H6BrF3N2/c8-3-4-1-2-5(12)13-6(4)7(9,10)11/h1-2H,3H2,(H2,12,13). The van der Waals surface area contributed by atoms with Crippen LogP contribution in [0.2, 0.25) is 0 Å². The van der Waals surface area contributed by atoms with Crippen LogP contribution in [-0.4, -0.2) is 4.98 Å². The molecule has 0 saturated heterocycles. The van der Waals surface area contributed by atoms with Crippen LogP contribution in [0.25, 0.3) is 0 Å². The second kappa shape index (κ2) is 3.53. The number of anilines is 1. The lowest BCUT2D eigenvalue weighted by Gasteiger charge is -2.09. The lowest BCUT2D eigenvalue weighted by Crippen LogP contribution is -2.12. The summed E-state index contributed by atoms with van der Waals surface area (Å²) in [6.07, 6.45) is -4.45. The van der Waals surface area contributed by atoms with Crippen LogP contribution in [0.4, 0.5) is 19.0 Å². The third-order valence-corrected chi connectivity index (χ3v) is 2.02. The van der Waals surface area contributed by atoms with Crippen molar-refractivity contribution in [2.24, 2.45) is 0 Å². The van der Waals surface area contributed by atoms with E-state index < -0.39 is 11.9 Å². The van der Waals surface area contributed by atoms with E-state index in [1.54, 1.807) is 0 Å². The van der Waals surface area contributed by atoms with Gasteiger partial charge in [0.1, 0.15) is 5.82 Å². The molecule has 0 saturated carbocycles. The van der Waals surface area contributed by atoms with Gasteiger partial charge < -0.3 is 5.73 Å². The number of hydrogen-bond acceptors (Lipinski definition) is 2. The Balaban J connectivity index is 3.24. The van der Waals surface area contributed by atoms with Gasteiger partial charge in [0, 0.05) is 5.33 Å². The van der Waals surface area contributed by atoms with Gasteiger partial charge in [0.2, 0.25) is 0 Å². The van der Waals surface area contributed by atoms with Crippen molar-refractivity contribution < 1.29 is 13.2 Å². The Labute approximate surface area is 81.1 Å². The normalized spacial score (nSPS) is 11.7. The van der Waals surface area contributed by atoms with Gasteiger partial charge in [-0.1, -0.05) is 22.0 Å². The van der Waals surface area contributed by atoms with Crippen molar-refractivity contribution in [3.8, 4) is 0 Å². The molecule has 13 heavy (non-hydrogen) atoms. The van der Waals surface area contributed by atoms with Crippen LogP contribution in [-0.2, 0) is 11.5 Å². The maximum Gasteiger partial charge on any atom is 0.433 e. The minimum atomic E-state index is -4.45. The summed E-state index contributed by atoms with van der Waals surface area (Å²) in [7, 11) is 0. The first kappa shape index (κ1) is 10.3. The number of nitrogen functional groups attached to an aromatic ring is 1. The molecule has 0 aliphatic rings. The smallest absolute Gasteiger partial charge is 0.384 e. The summed E-state index contributed by atoms with van der Waals surface area (Å²) in [6.45, 7) is 0. The highest BCUT2D eigenvalue weighted by Gasteiger charge is 2.35. The molecular weight excluding hydrogens is 249 g/mol. The van der Waals surface area contributed by atoms with E-state index in [-0.39, 0.29) is 16.7 Å². The average molecular weight is 255 g/mol. The van der Waals surface area contributed by atoms with E-state index in [0.29, 0.717) is 0 Å². The molecule has 1 heterocycles. The molecule has 0 bridgehead atoms. The van der Waals surface area contributed by atoms with Crippen molar-refractivity contribution in [3.63, 3.8) is 0 Å². The van der Waals surface area contributed by atoms with E-state index in [4.69, 9.17) is 5.73 Å². The zero-order valence-electron chi connectivity index (χ0n) is 6.40. The Morgan fingerprint density at radius 1 is 1.38 bits per heavy atom. The van der Waals surface area contributed by atoms with Gasteiger partial charge >= 0.3 is 6.18 Å².